The van der Waals surface area contributed by atoms with Crippen LogP contribution in [0.5, 0.6) is 0 Å². The molecule has 0 radical (unpaired) electrons. The van der Waals surface area contributed by atoms with Crippen molar-refractivity contribution in [2.45, 2.75) is 26.5 Å². The number of rotatable bonds is 10. The lowest BCUT2D eigenvalue weighted by atomic mass is 10.1. The predicted molar refractivity (Wildman–Crippen MR) is 112 cm³/mol. The maximum Gasteiger partial charge on any atom is 0.409 e. The lowest BCUT2D eigenvalue weighted by molar-refractivity contribution is -0.125. The molecule has 9 heteroatoms. The number of carbonyl (C=O) groups is 3. The number of carbonyl (C=O) groups excluding carboxylic acids is 3. The van der Waals surface area contributed by atoms with E-state index in [1.54, 1.807) is 31.3 Å². The SMILES string of the molecule is CC(C)C(N)C(=O)NCC(=O)Nc1ccc(COC(=O)N(C)CCN(C)C)cc1. The molecule has 1 atom stereocenters. The van der Waals surface area contributed by atoms with Crippen molar-refractivity contribution in [3.63, 3.8) is 0 Å². The van der Waals surface area contributed by atoms with Gasteiger partial charge in [0, 0.05) is 25.8 Å². The summed E-state index contributed by atoms with van der Waals surface area (Å²) in [7, 11) is 5.57. The Morgan fingerprint density at radius 3 is 2.24 bits per heavy atom. The van der Waals surface area contributed by atoms with Crippen LogP contribution in [-0.2, 0) is 20.9 Å². The van der Waals surface area contributed by atoms with Gasteiger partial charge in [-0.3, -0.25) is 9.59 Å². The Bertz CT molecular complexity index is 676. The van der Waals surface area contributed by atoms with Gasteiger partial charge >= 0.3 is 6.09 Å². The van der Waals surface area contributed by atoms with Gasteiger partial charge in [0.15, 0.2) is 0 Å². The number of ether oxygens (including phenoxy) is 1. The zero-order chi connectivity index (χ0) is 22.0. The molecule has 0 aliphatic carbocycles. The predicted octanol–water partition coefficient (Wildman–Crippen LogP) is 0.855. The Morgan fingerprint density at radius 2 is 1.69 bits per heavy atom. The Hall–Kier alpha value is -2.65. The van der Waals surface area contributed by atoms with E-state index in [4.69, 9.17) is 10.5 Å². The third-order valence-corrected chi connectivity index (χ3v) is 4.24. The third kappa shape index (κ3) is 9.40. The summed E-state index contributed by atoms with van der Waals surface area (Å²) in [6, 6.07) is 6.29. The molecule has 1 rings (SSSR count). The fraction of sp³-hybridized carbons (Fsp3) is 0.550. The number of nitrogens with two attached hydrogens (primary N) is 1. The molecule has 3 amide bonds. The summed E-state index contributed by atoms with van der Waals surface area (Å²) in [5.41, 5.74) is 7.11. The van der Waals surface area contributed by atoms with Crippen LogP contribution in [0.1, 0.15) is 19.4 Å². The Labute approximate surface area is 172 Å². The average Bonchev–Trinajstić information content (AvgIpc) is 2.68. The molecule has 4 N–H and O–H groups in total. The molecular formula is C20H33N5O4. The molecule has 162 valence electrons. The second kappa shape index (κ2) is 12.0. The number of anilines is 1. The van der Waals surface area contributed by atoms with Crippen LogP contribution in [0.3, 0.4) is 0 Å². The minimum atomic E-state index is -0.647. The first-order valence-corrected chi connectivity index (χ1v) is 9.54. The van der Waals surface area contributed by atoms with Crippen LogP contribution in [0.2, 0.25) is 0 Å². The van der Waals surface area contributed by atoms with E-state index in [1.165, 1.54) is 4.90 Å². The molecule has 0 aliphatic heterocycles. The molecule has 0 aliphatic rings. The van der Waals surface area contributed by atoms with E-state index in [2.05, 4.69) is 10.6 Å². The number of nitrogens with zero attached hydrogens (tertiary/aromatic N) is 2. The molecule has 1 unspecified atom stereocenters. The molecule has 1 aromatic carbocycles. The summed E-state index contributed by atoms with van der Waals surface area (Å²) in [4.78, 5) is 39.2. The highest BCUT2D eigenvalue weighted by Gasteiger charge is 2.17. The molecule has 9 nitrogen and oxygen atoms in total. The van der Waals surface area contributed by atoms with Crippen molar-refractivity contribution in [3.8, 4) is 0 Å². The summed E-state index contributed by atoms with van der Waals surface area (Å²) in [6.45, 7) is 5.00. The van der Waals surface area contributed by atoms with Crippen molar-refractivity contribution in [1.82, 2.24) is 15.1 Å². The standard InChI is InChI=1S/C20H33N5O4/c1-14(2)18(21)19(27)22-12-17(26)23-16-8-6-15(7-9-16)13-29-20(28)25(5)11-10-24(3)4/h6-9,14,18H,10-13,21H2,1-5H3,(H,22,27)(H,23,26). The van der Waals surface area contributed by atoms with Gasteiger partial charge in [-0.1, -0.05) is 26.0 Å². The molecule has 0 saturated heterocycles. The average molecular weight is 408 g/mol. The summed E-state index contributed by atoms with van der Waals surface area (Å²) >= 11 is 0. The van der Waals surface area contributed by atoms with Gasteiger partial charge in [0.1, 0.15) is 6.61 Å². The van der Waals surface area contributed by atoms with E-state index in [1.807, 2.05) is 32.8 Å². The van der Waals surface area contributed by atoms with Gasteiger partial charge < -0.3 is 30.9 Å². The van der Waals surface area contributed by atoms with Crippen molar-refractivity contribution in [2.24, 2.45) is 11.7 Å². The number of amides is 3. The van der Waals surface area contributed by atoms with Crippen LogP contribution in [0.4, 0.5) is 10.5 Å². The van der Waals surface area contributed by atoms with Gasteiger partial charge in [-0.25, -0.2) is 4.79 Å². The van der Waals surface area contributed by atoms with Crippen molar-refractivity contribution < 1.29 is 19.1 Å². The zero-order valence-electron chi connectivity index (χ0n) is 17.9. The van der Waals surface area contributed by atoms with Crippen molar-refractivity contribution in [2.75, 3.05) is 46.1 Å². The maximum absolute atomic E-state index is 11.9. The number of nitrogens with one attached hydrogen (secondary N) is 2. The fourth-order valence-corrected chi connectivity index (χ4v) is 2.17. The lowest BCUT2D eigenvalue weighted by Crippen LogP contribution is -2.46. The second-order valence-electron chi connectivity index (χ2n) is 7.51. The minimum absolute atomic E-state index is 0.00697. The van der Waals surface area contributed by atoms with Gasteiger partial charge in [0.05, 0.1) is 12.6 Å². The van der Waals surface area contributed by atoms with Crippen LogP contribution in [0.25, 0.3) is 0 Å². The van der Waals surface area contributed by atoms with Crippen LogP contribution in [-0.4, -0.2) is 74.5 Å². The number of hydrogen-bond acceptors (Lipinski definition) is 6. The molecule has 0 bridgehead atoms. The van der Waals surface area contributed by atoms with Crippen LogP contribution >= 0.6 is 0 Å². The highest BCUT2D eigenvalue weighted by atomic mass is 16.6. The molecule has 0 heterocycles. The number of likely N-dealkylation sites (N-methyl/N-ethyl adjacent to an activating group) is 2. The Balaban J connectivity index is 2.40. The molecule has 0 fully saturated rings. The van der Waals surface area contributed by atoms with Gasteiger partial charge in [-0.15, -0.1) is 0 Å². The zero-order valence-corrected chi connectivity index (χ0v) is 17.9. The summed E-state index contributed by atoms with van der Waals surface area (Å²) in [5.74, 6) is -0.716. The van der Waals surface area contributed by atoms with E-state index in [0.29, 0.717) is 12.2 Å². The van der Waals surface area contributed by atoms with E-state index in [-0.39, 0.29) is 37.0 Å². The van der Waals surface area contributed by atoms with E-state index in [0.717, 1.165) is 12.1 Å². The summed E-state index contributed by atoms with van der Waals surface area (Å²) < 4.78 is 5.27. The highest BCUT2D eigenvalue weighted by Crippen LogP contribution is 2.11. The van der Waals surface area contributed by atoms with Crippen LogP contribution in [0.15, 0.2) is 24.3 Å². The first-order valence-electron chi connectivity index (χ1n) is 9.54. The van der Waals surface area contributed by atoms with Gasteiger partial charge in [-0.2, -0.15) is 0 Å². The first kappa shape index (κ1) is 24.4. The fourth-order valence-electron chi connectivity index (χ4n) is 2.17. The molecule has 0 spiro atoms. The monoisotopic (exact) mass is 407 g/mol. The number of hydrogen-bond donors (Lipinski definition) is 3. The summed E-state index contributed by atoms with van der Waals surface area (Å²) in [6.07, 6.45) is -0.389. The molecule has 29 heavy (non-hydrogen) atoms. The smallest absolute Gasteiger partial charge is 0.409 e. The molecule has 1 aromatic rings. The molecule has 0 saturated carbocycles. The minimum Gasteiger partial charge on any atom is -0.445 e. The summed E-state index contributed by atoms with van der Waals surface area (Å²) in [5, 5.41) is 5.20. The Morgan fingerprint density at radius 1 is 1.07 bits per heavy atom. The van der Waals surface area contributed by atoms with Gasteiger partial charge in [0.2, 0.25) is 11.8 Å². The second-order valence-corrected chi connectivity index (χ2v) is 7.51. The quantitative estimate of drug-likeness (QED) is 0.529. The van der Waals surface area contributed by atoms with Crippen LogP contribution in [0, 0.1) is 5.92 Å². The van der Waals surface area contributed by atoms with Crippen molar-refractivity contribution >= 4 is 23.6 Å². The van der Waals surface area contributed by atoms with Crippen molar-refractivity contribution in [1.29, 1.82) is 0 Å². The van der Waals surface area contributed by atoms with Gasteiger partial charge in [-0.05, 0) is 37.7 Å². The lowest BCUT2D eigenvalue weighted by Gasteiger charge is -2.19. The largest absolute Gasteiger partial charge is 0.445 e. The van der Waals surface area contributed by atoms with E-state index >= 15 is 0 Å². The Kier molecular flexibility index (Phi) is 10.1. The first-order chi connectivity index (χ1) is 13.6. The molecular weight excluding hydrogens is 374 g/mol. The normalized spacial score (nSPS) is 11.9. The van der Waals surface area contributed by atoms with Crippen LogP contribution < -0.4 is 16.4 Å². The number of benzene rings is 1. The molecule has 0 aromatic heterocycles. The van der Waals surface area contributed by atoms with E-state index < -0.39 is 6.04 Å². The van der Waals surface area contributed by atoms with Gasteiger partial charge in [0.25, 0.3) is 0 Å². The third-order valence-electron chi connectivity index (χ3n) is 4.24. The topological polar surface area (TPSA) is 117 Å². The van der Waals surface area contributed by atoms with Crippen molar-refractivity contribution in [3.05, 3.63) is 29.8 Å². The van der Waals surface area contributed by atoms with E-state index in [9.17, 15) is 14.4 Å². The highest BCUT2D eigenvalue weighted by molar-refractivity contribution is 5.95. The maximum atomic E-state index is 11.9.